The Kier molecular flexibility index (Phi) is 24.9. The van der Waals surface area contributed by atoms with Crippen LogP contribution in [0.2, 0.25) is 0 Å². The zero-order valence-electron chi connectivity index (χ0n) is 12.9. The highest BCUT2D eigenvalue weighted by Crippen LogP contribution is 2.15. The Morgan fingerprint density at radius 2 is 0.909 bits per heavy atom. The highest BCUT2D eigenvalue weighted by molar-refractivity contribution is 5.88. The first-order valence-corrected chi connectivity index (χ1v) is 6.24. The molecule has 0 fully saturated rings. The van der Waals surface area contributed by atoms with Crippen molar-refractivity contribution in [1.29, 1.82) is 0 Å². The van der Waals surface area contributed by atoms with Gasteiger partial charge in [0.2, 0.25) is 0 Å². The van der Waals surface area contributed by atoms with E-state index in [4.69, 9.17) is 35.7 Å². The molecule has 0 aliphatic rings. The lowest BCUT2D eigenvalue weighted by atomic mass is 9.96. The maximum absolute atomic E-state index is 10.3. The summed E-state index contributed by atoms with van der Waals surface area (Å²) in [5.41, 5.74) is -2.74. The number of carboxylic acid groups (broad SMARTS) is 3. The van der Waals surface area contributed by atoms with Gasteiger partial charge in [-0.2, -0.15) is 0 Å². The van der Waals surface area contributed by atoms with Crippen molar-refractivity contribution in [1.82, 2.24) is 0 Å². The molecule has 0 aromatic rings. The summed E-state index contributed by atoms with van der Waals surface area (Å²) < 4.78 is 0. The molecular weight excluding hydrogens is 304 g/mol. The van der Waals surface area contributed by atoms with E-state index in [0.717, 1.165) is 0 Å². The van der Waals surface area contributed by atoms with Gasteiger partial charge in [-0.05, 0) is 20.8 Å². The fourth-order valence-corrected chi connectivity index (χ4v) is 0.714. The zero-order chi connectivity index (χ0) is 18.8. The van der Waals surface area contributed by atoms with E-state index in [9.17, 15) is 14.4 Å². The van der Waals surface area contributed by atoms with Crippen molar-refractivity contribution in [3.8, 4) is 0 Å². The number of carboxylic acids is 3. The minimum Gasteiger partial charge on any atom is -0.481 e. The van der Waals surface area contributed by atoms with Gasteiger partial charge in [0, 0.05) is 19.8 Å². The standard InChI is InChI=1S/C6H8O7.3C2H6O/c7-3(8)1-6(13,5(11)12)2-4(9)10;3*1-2-3/h13H,1-2H2,(H,7,8)(H,9,10)(H,11,12);3*3H,2H2,1H3. The molecule has 0 rings (SSSR count). The summed E-state index contributed by atoms with van der Waals surface area (Å²) in [5, 5.41) is 56.5. The van der Waals surface area contributed by atoms with Crippen LogP contribution in [-0.4, -0.2) is 79.1 Å². The van der Waals surface area contributed by atoms with Gasteiger partial charge in [0.1, 0.15) is 0 Å². The number of rotatable bonds is 5. The van der Waals surface area contributed by atoms with Crippen molar-refractivity contribution in [3.05, 3.63) is 0 Å². The van der Waals surface area contributed by atoms with E-state index < -0.39 is 36.4 Å². The monoisotopic (exact) mass is 330 g/mol. The van der Waals surface area contributed by atoms with E-state index in [-0.39, 0.29) is 19.8 Å². The zero-order valence-corrected chi connectivity index (χ0v) is 12.9. The summed E-state index contributed by atoms with van der Waals surface area (Å²) in [6.45, 7) is 5.79. The van der Waals surface area contributed by atoms with E-state index in [1.165, 1.54) is 0 Å². The quantitative estimate of drug-likeness (QED) is 0.320. The third-order valence-corrected chi connectivity index (χ3v) is 1.29. The van der Waals surface area contributed by atoms with Gasteiger partial charge < -0.3 is 35.7 Å². The Morgan fingerprint density at radius 1 is 0.727 bits per heavy atom. The molecule has 0 saturated carbocycles. The summed E-state index contributed by atoms with van der Waals surface area (Å²) in [6.07, 6.45) is -2.29. The van der Waals surface area contributed by atoms with Crippen molar-refractivity contribution >= 4 is 17.9 Å². The van der Waals surface area contributed by atoms with Crippen molar-refractivity contribution in [2.45, 2.75) is 39.2 Å². The predicted molar refractivity (Wildman–Crippen MR) is 75.4 cm³/mol. The molecule has 134 valence electrons. The Labute approximate surface area is 128 Å². The topological polar surface area (TPSA) is 193 Å². The van der Waals surface area contributed by atoms with Crippen molar-refractivity contribution in [2.24, 2.45) is 0 Å². The summed E-state index contributed by atoms with van der Waals surface area (Å²) in [7, 11) is 0. The normalized spacial score (nSPS) is 8.86. The third-order valence-electron chi connectivity index (χ3n) is 1.29. The highest BCUT2D eigenvalue weighted by atomic mass is 16.4. The lowest BCUT2D eigenvalue weighted by Crippen LogP contribution is -2.42. The SMILES string of the molecule is CCO.CCO.CCO.O=C(O)CC(O)(CC(=O)O)C(=O)O. The molecule has 7 N–H and O–H groups in total. The summed E-state index contributed by atoms with van der Waals surface area (Å²) in [4.78, 5) is 30.5. The number of aliphatic carboxylic acids is 3. The maximum Gasteiger partial charge on any atom is 0.336 e. The van der Waals surface area contributed by atoms with Gasteiger partial charge >= 0.3 is 17.9 Å². The number of aliphatic hydroxyl groups is 4. The summed E-state index contributed by atoms with van der Waals surface area (Å²) in [5.74, 6) is -5.02. The molecule has 0 saturated heterocycles. The fourth-order valence-electron chi connectivity index (χ4n) is 0.714. The van der Waals surface area contributed by atoms with Crippen LogP contribution in [0.15, 0.2) is 0 Å². The molecule has 0 atom stereocenters. The second-order valence-corrected chi connectivity index (χ2v) is 3.43. The molecule has 0 amide bonds. The van der Waals surface area contributed by atoms with E-state index >= 15 is 0 Å². The fraction of sp³-hybridized carbons (Fsp3) is 0.750. The van der Waals surface area contributed by atoms with E-state index in [1.54, 1.807) is 20.8 Å². The van der Waals surface area contributed by atoms with Gasteiger partial charge in [0.05, 0.1) is 12.8 Å². The van der Waals surface area contributed by atoms with Crippen LogP contribution >= 0.6 is 0 Å². The number of hydrogen-bond donors (Lipinski definition) is 7. The molecule has 0 spiro atoms. The van der Waals surface area contributed by atoms with E-state index in [1.807, 2.05) is 0 Å². The Bertz CT molecular complexity index is 269. The smallest absolute Gasteiger partial charge is 0.336 e. The van der Waals surface area contributed by atoms with Gasteiger partial charge in [-0.1, -0.05) is 0 Å². The molecule has 0 unspecified atom stereocenters. The molecule has 0 bridgehead atoms. The second kappa shape index (κ2) is 19.2. The Balaban J connectivity index is -0.000000148. The highest BCUT2D eigenvalue weighted by Gasteiger charge is 2.40. The van der Waals surface area contributed by atoms with Gasteiger partial charge in [-0.15, -0.1) is 0 Å². The first kappa shape index (κ1) is 28.4. The van der Waals surface area contributed by atoms with Crippen LogP contribution in [0.25, 0.3) is 0 Å². The molecule has 10 heteroatoms. The molecule has 0 aliphatic heterocycles. The minimum atomic E-state index is -2.74. The average molecular weight is 330 g/mol. The van der Waals surface area contributed by atoms with Crippen LogP contribution in [0.3, 0.4) is 0 Å². The largest absolute Gasteiger partial charge is 0.481 e. The molecule has 0 aliphatic carbocycles. The Morgan fingerprint density at radius 3 is 1.00 bits per heavy atom. The van der Waals surface area contributed by atoms with Gasteiger partial charge in [0.25, 0.3) is 0 Å². The van der Waals surface area contributed by atoms with Crippen LogP contribution in [0.1, 0.15) is 33.6 Å². The lowest BCUT2D eigenvalue weighted by Gasteiger charge is -2.18. The first-order chi connectivity index (χ1) is 10.0. The molecule has 22 heavy (non-hydrogen) atoms. The van der Waals surface area contributed by atoms with E-state index in [0.29, 0.717) is 0 Å². The van der Waals surface area contributed by atoms with Crippen molar-refractivity contribution < 1.29 is 50.1 Å². The Hall–Kier alpha value is -1.75. The second-order valence-electron chi connectivity index (χ2n) is 3.43. The maximum atomic E-state index is 10.3. The molecule has 0 aromatic heterocycles. The van der Waals surface area contributed by atoms with Crippen molar-refractivity contribution in [3.63, 3.8) is 0 Å². The van der Waals surface area contributed by atoms with Crippen LogP contribution in [0, 0.1) is 0 Å². The minimum absolute atomic E-state index is 0.250. The lowest BCUT2D eigenvalue weighted by molar-refractivity contribution is -0.170. The predicted octanol–water partition coefficient (Wildman–Crippen LogP) is -1.25. The number of hydrogen-bond acceptors (Lipinski definition) is 7. The average Bonchev–Trinajstić information content (AvgIpc) is 2.29. The molecular formula is C12H26O10. The third kappa shape index (κ3) is 26.7. The van der Waals surface area contributed by atoms with Gasteiger partial charge in [-0.25, -0.2) is 4.79 Å². The van der Waals surface area contributed by atoms with Crippen molar-refractivity contribution in [2.75, 3.05) is 19.8 Å². The molecule has 0 aromatic carbocycles. The van der Waals surface area contributed by atoms with Crippen LogP contribution in [0.4, 0.5) is 0 Å². The molecule has 10 nitrogen and oxygen atoms in total. The summed E-state index contributed by atoms with van der Waals surface area (Å²) in [6, 6.07) is 0. The van der Waals surface area contributed by atoms with Gasteiger partial charge in [0.15, 0.2) is 5.60 Å². The summed E-state index contributed by atoms with van der Waals surface area (Å²) >= 11 is 0. The van der Waals surface area contributed by atoms with Gasteiger partial charge in [-0.3, -0.25) is 9.59 Å². The van der Waals surface area contributed by atoms with E-state index in [2.05, 4.69) is 0 Å². The van der Waals surface area contributed by atoms with Crippen LogP contribution < -0.4 is 0 Å². The molecule has 0 radical (unpaired) electrons. The number of carbonyl (C=O) groups is 3. The van der Waals surface area contributed by atoms with Crippen LogP contribution in [0.5, 0.6) is 0 Å². The van der Waals surface area contributed by atoms with Crippen LogP contribution in [-0.2, 0) is 14.4 Å². The number of aliphatic hydroxyl groups excluding tert-OH is 3. The first-order valence-electron chi connectivity index (χ1n) is 6.24. The molecule has 0 heterocycles.